The third kappa shape index (κ3) is 4.23. The van der Waals surface area contributed by atoms with Crippen molar-refractivity contribution in [1.29, 1.82) is 0 Å². The van der Waals surface area contributed by atoms with Crippen molar-refractivity contribution in [3.63, 3.8) is 0 Å². The number of ether oxygens (including phenoxy) is 1. The zero-order chi connectivity index (χ0) is 14.4. The van der Waals surface area contributed by atoms with Crippen molar-refractivity contribution in [2.45, 2.75) is 33.3 Å². The summed E-state index contributed by atoms with van der Waals surface area (Å²) in [5, 5.41) is 0. The molecule has 0 radical (unpaired) electrons. The Bertz CT molecular complexity index is 553. The number of hydrogen-bond donors (Lipinski definition) is 0. The van der Waals surface area contributed by atoms with Crippen molar-refractivity contribution in [1.82, 2.24) is 0 Å². The van der Waals surface area contributed by atoms with E-state index in [9.17, 15) is 4.79 Å². The number of carbonyl (C=O) groups is 1. The van der Waals surface area contributed by atoms with E-state index in [0.717, 1.165) is 23.3 Å². The molecule has 2 aromatic carbocycles. The van der Waals surface area contributed by atoms with Gasteiger partial charge in [-0.2, -0.15) is 0 Å². The van der Waals surface area contributed by atoms with Crippen LogP contribution in [0.15, 0.2) is 48.5 Å². The van der Waals surface area contributed by atoms with Crippen molar-refractivity contribution in [3.8, 4) is 5.75 Å². The van der Waals surface area contributed by atoms with Crippen molar-refractivity contribution in [2.75, 3.05) is 0 Å². The SMILES string of the molecule is CCc1ccc(COc2ccc(CC(C)=O)cc2)cc1. The molecular weight excluding hydrogens is 248 g/mol. The molecule has 0 spiro atoms. The second-order valence-corrected chi connectivity index (χ2v) is 4.98. The highest BCUT2D eigenvalue weighted by Crippen LogP contribution is 2.15. The number of Topliss-reactive ketones (excluding diaryl/α,β-unsaturated/α-hetero) is 1. The molecule has 0 N–H and O–H groups in total. The lowest BCUT2D eigenvalue weighted by molar-refractivity contribution is -0.116. The topological polar surface area (TPSA) is 26.3 Å². The van der Waals surface area contributed by atoms with Crippen molar-refractivity contribution in [2.24, 2.45) is 0 Å². The summed E-state index contributed by atoms with van der Waals surface area (Å²) in [5.41, 5.74) is 3.52. The normalized spacial score (nSPS) is 10.3. The minimum Gasteiger partial charge on any atom is -0.489 e. The van der Waals surface area contributed by atoms with E-state index < -0.39 is 0 Å². The fourth-order valence-electron chi connectivity index (χ4n) is 2.03. The van der Waals surface area contributed by atoms with Crippen LogP contribution in [-0.2, 0) is 24.2 Å². The second kappa shape index (κ2) is 6.90. The first-order chi connectivity index (χ1) is 9.67. The van der Waals surface area contributed by atoms with Gasteiger partial charge in [-0.15, -0.1) is 0 Å². The molecule has 0 atom stereocenters. The molecule has 0 bridgehead atoms. The van der Waals surface area contributed by atoms with E-state index in [1.165, 1.54) is 5.56 Å². The first-order valence-electron chi connectivity index (χ1n) is 6.96. The Morgan fingerprint density at radius 3 is 2.00 bits per heavy atom. The van der Waals surface area contributed by atoms with Crippen LogP contribution in [0.2, 0.25) is 0 Å². The van der Waals surface area contributed by atoms with Crippen LogP contribution in [0, 0.1) is 0 Å². The fraction of sp³-hybridized carbons (Fsp3) is 0.278. The molecule has 0 aliphatic heterocycles. The molecule has 0 saturated heterocycles. The number of rotatable bonds is 6. The summed E-state index contributed by atoms with van der Waals surface area (Å²) in [7, 11) is 0. The molecule has 0 amide bonds. The molecule has 0 aliphatic rings. The van der Waals surface area contributed by atoms with Gasteiger partial charge < -0.3 is 4.74 Å². The Morgan fingerprint density at radius 1 is 0.900 bits per heavy atom. The molecule has 0 aliphatic carbocycles. The summed E-state index contributed by atoms with van der Waals surface area (Å²) in [5.74, 6) is 1.01. The van der Waals surface area contributed by atoms with E-state index in [4.69, 9.17) is 4.74 Å². The molecule has 20 heavy (non-hydrogen) atoms. The number of ketones is 1. The van der Waals surface area contributed by atoms with Crippen molar-refractivity contribution in [3.05, 3.63) is 65.2 Å². The van der Waals surface area contributed by atoms with E-state index in [1.54, 1.807) is 6.92 Å². The third-order valence-electron chi connectivity index (χ3n) is 3.21. The Kier molecular flexibility index (Phi) is 4.94. The second-order valence-electron chi connectivity index (χ2n) is 4.98. The standard InChI is InChI=1S/C18H20O2/c1-3-15-4-6-17(7-5-15)13-20-18-10-8-16(9-11-18)12-14(2)19/h4-11H,3,12-13H2,1-2H3. The zero-order valence-electron chi connectivity index (χ0n) is 12.1. The van der Waals surface area contributed by atoms with E-state index in [-0.39, 0.29) is 5.78 Å². The van der Waals surface area contributed by atoms with Gasteiger partial charge in [0.2, 0.25) is 0 Å². The fourth-order valence-corrected chi connectivity index (χ4v) is 2.03. The van der Waals surface area contributed by atoms with Gasteiger partial charge in [-0.05, 0) is 42.2 Å². The average Bonchev–Trinajstić information content (AvgIpc) is 2.46. The lowest BCUT2D eigenvalue weighted by atomic mass is 10.1. The van der Waals surface area contributed by atoms with E-state index in [0.29, 0.717) is 13.0 Å². The lowest BCUT2D eigenvalue weighted by Gasteiger charge is -2.07. The highest BCUT2D eigenvalue weighted by atomic mass is 16.5. The number of benzene rings is 2. The quantitative estimate of drug-likeness (QED) is 0.792. The Morgan fingerprint density at radius 2 is 1.45 bits per heavy atom. The summed E-state index contributed by atoms with van der Waals surface area (Å²) in [6.07, 6.45) is 1.54. The van der Waals surface area contributed by atoms with E-state index >= 15 is 0 Å². The van der Waals surface area contributed by atoms with Crippen LogP contribution < -0.4 is 4.74 Å². The predicted molar refractivity (Wildman–Crippen MR) is 81.0 cm³/mol. The van der Waals surface area contributed by atoms with Crippen LogP contribution in [0.5, 0.6) is 5.75 Å². The molecule has 104 valence electrons. The summed E-state index contributed by atoms with van der Waals surface area (Å²) < 4.78 is 5.74. The maximum Gasteiger partial charge on any atom is 0.134 e. The van der Waals surface area contributed by atoms with E-state index in [2.05, 4.69) is 31.2 Å². The van der Waals surface area contributed by atoms with Crippen LogP contribution in [0.1, 0.15) is 30.5 Å². The zero-order valence-corrected chi connectivity index (χ0v) is 12.1. The minimum atomic E-state index is 0.176. The summed E-state index contributed by atoms with van der Waals surface area (Å²) in [6, 6.07) is 16.2. The molecule has 2 nitrogen and oxygen atoms in total. The maximum absolute atomic E-state index is 11.0. The number of carbonyl (C=O) groups excluding carboxylic acids is 1. The molecule has 0 saturated carbocycles. The molecule has 0 aromatic heterocycles. The van der Waals surface area contributed by atoms with Crippen molar-refractivity contribution >= 4 is 5.78 Å². The molecule has 0 heterocycles. The third-order valence-corrected chi connectivity index (χ3v) is 3.21. The van der Waals surface area contributed by atoms with Gasteiger partial charge in [0.15, 0.2) is 0 Å². The van der Waals surface area contributed by atoms with Crippen LogP contribution in [-0.4, -0.2) is 5.78 Å². The number of aryl methyl sites for hydroxylation is 1. The van der Waals surface area contributed by atoms with Gasteiger partial charge in [0, 0.05) is 6.42 Å². The monoisotopic (exact) mass is 268 g/mol. The Labute approximate surface area is 120 Å². The van der Waals surface area contributed by atoms with Gasteiger partial charge in [0.05, 0.1) is 0 Å². The van der Waals surface area contributed by atoms with Gasteiger partial charge in [-0.3, -0.25) is 4.79 Å². The maximum atomic E-state index is 11.0. The molecule has 0 unspecified atom stereocenters. The smallest absolute Gasteiger partial charge is 0.134 e. The molecular formula is C18H20O2. The van der Waals surface area contributed by atoms with Crippen LogP contribution in [0.3, 0.4) is 0 Å². The highest BCUT2D eigenvalue weighted by molar-refractivity contribution is 5.78. The van der Waals surface area contributed by atoms with Crippen LogP contribution >= 0.6 is 0 Å². The largest absolute Gasteiger partial charge is 0.489 e. The predicted octanol–water partition coefficient (Wildman–Crippen LogP) is 3.96. The Balaban J connectivity index is 1.91. The van der Waals surface area contributed by atoms with Crippen LogP contribution in [0.4, 0.5) is 0 Å². The molecule has 2 rings (SSSR count). The minimum absolute atomic E-state index is 0.176. The van der Waals surface area contributed by atoms with E-state index in [1.807, 2.05) is 24.3 Å². The van der Waals surface area contributed by atoms with Gasteiger partial charge in [0.1, 0.15) is 18.1 Å². The lowest BCUT2D eigenvalue weighted by Crippen LogP contribution is -1.98. The summed E-state index contributed by atoms with van der Waals surface area (Å²) >= 11 is 0. The van der Waals surface area contributed by atoms with Gasteiger partial charge in [0.25, 0.3) is 0 Å². The first kappa shape index (κ1) is 14.3. The average molecular weight is 268 g/mol. The molecule has 2 aromatic rings. The van der Waals surface area contributed by atoms with Crippen LogP contribution in [0.25, 0.3) is 0 Å². The van der Waals surface area contributed by atoms with Gasteiger partial charge in [-0.25, -0.2) is 0 Å². The molecule has 2 heteroatoms. The first-order valence-corrected chi connectivity index (χ1v) is 6.96. The summed E-state index contributed by atoms with van der Waals surface area (Å²) in [4.78, 5) is 11.0. The molecule has 0 fully saturated rings. The van der Waals surface area contributed by atoms with Gasteiger partial charge >= 0.3 is 0 Å². The van der Waals surface area contributed by atoms with Gasteiger partial charge in [-0.1, -0.05) is 43.3 Å². The Hall–Kier alpha value is -2.09. The summed E-state index contributed by atoms with van der Waals surface area (Å²) in [6.45, 7) is 4.31. The highest BCUT2D eigenvalue weighted by Gasteiger charge is 2.00. The van der Waals surface area contributed by atoms with Crippen molar-refractivity contribution < 1.29 is 9.53 Å². The number of hydrogen-bond acceptors (Lipinski definition) is 2.